The van der Waals surface area contributed by atoms with Gasteiger partial charge in [0, 0.05) is 19.5 Å². The highest BCUT2D eigenvalue weighted by Gasteiger charge is 2.27. The van der Waals surface area contributed by atoms with Gasteiger partial charge in [-0.05, 0) is 29.5 Å². The summed E-state index contributed by atoms with van der Waals surface area (Å²) in [5, 5.41) is 2.70. The van der Waals surface area contributed by atoms with Crippen molar-refractivity contribution in [2.75, 3.05) is 20.2 Å². The molecule has 0 saturated carbocycles. The molecule has 0 spiro atoms. The minimum Gasteiger partial charge on any atom is -0.453 e. The van der Waals surface area contributed by atoms with Crippen LogP contribution in [0.2, 0.25) is 0 Å². The summed E-state index contributed by atoms with van der Waals surface area (Å²) in [6, 6.07) is 17.4. The number of alkyl carbamates (subject to hydrolysis) is 1. The van der Waals surface area contributed by atoms with Crippen LogP contribution in [-0.2, 0) is 28.8 Å². The highest BCUT2D eigenvalue weighted by atomic mass is 16.5. The van der Waals surface area contributed by atoms with Crippen LogP contribution in [0.1, 0.15) is 16.7 Å². The average molecular weight is 352 g/mol. The van der Waals surface area contributed by atoms with E-state index in [0.717, 1.165) is 18.4 Å². The molecule has 5 heteroatoms. The Labute approximate surface area is 154 Å². The Bertz CT molecular complexity index is 734. The molecule has 1 atom stereocenters. The summed E-state index contributed by atoms with van der Waals surface area (Å²) in [5.41, 5.74) is 3.59. The number of nitrogens with one attached hydrogen (secondary N) is 1. The normalized spacial score (nSPS) is 14.7. The molecule has 26 heavy (non-hydrogen) atoms. The number of carbonyl (C=O) groups excluding carboxylic acids is 2. The minimum absolute atomic E-state index is 0.0629. The number of ether oxygens (including phenoxy) is 1. The fourth-order valence-corrected chi connectivity index (χ4v) is 3.36. The highest BCUT2D eigenvalue weighted by Crippen LogP contribution is 2.17. The first-order valence-corrected chi connectivity index (χ1v) is 8.91. The molecule has 0 radical (unpaired) electrons. The zero-order valence-corrected chi connectivity index (χ0v) is 15.0. The quantitative estimate of drug-likeness (QED) is 0.920. The summed E-state index contributed by atoms with van der Waals surface area (Å²) in [4.78, 5) is 26.7. The Morgan fingerprint density at radius 2 is 1.58 bits per heavy atom. The number of hydrogen-bond donors (Lipinski definition) is 1. The number of hydrogen-bond acceptors (Lipinski definition) is 3. The van der Waals surface area contributed by atoms with Crippen LogP contribution >= 0.6 is 0 Å². The van der Waals surface area contributed by atoms with Gasteiger partial charge in [0.25, 0.3) is 0 Å². The van der Waals surface area contributed by atoms with Gasteiger partial charge in [-0.3, -0.25) is 4.79 Å². The van der Waals surface area contributed by atoms with Crippen molar-refractivity contribution in [2.24, 2.45) is 0 Å². The molecule has 5 nitrogen and oxygen atoms in total. The second-order valence-electron chi connectivity index (χ2n) is 6.47. The molecule has 136 valence electrons. The van der Waals surface area contributed by atoms with Gasteiger partial charge in [-0.25, -0.2) is 4.79 Å². The van der Waals surface area contributed by atoms with E-state index in [9.17, 15) is 9.59 Å². The van der Waals surface area contributed by atoms with E-state index in [1.165, 1.54) is 18.2 Å². The Kier molecular flexibility index (Phi) is 5.89. The Hall–Kier alpha value is -2.82. The molecular formula is C21H24N2O3. The first-order valence-electron chi connectivity index (χ1n) is 8.91. The Morgan fingerprint density at radius 1 is 1.00 bits per heavy atom. The van der Waals surface area contributed by atoms with E-state index in [1.807, 2.05) is 47.4 Å². The standard InChI is InChI=1S/C21H24N2O3/c1-26-21(25)22-19(15-16-7-3-2-4-8-16)20(24)23-13-11-17-9-5-6-10-18(17)12-14-23/h2-10,19H,11-15H2,1H3,(H,22,25). The van der Waals surface area contributed by atoms with Crippen LogP contribution in [0.15, 0.2) is 54.6 Å². The molecule has 1 N–H and O–H groups in total. The molecule has 1 aliphatic rings. The van der Waals surface area contributed by atoms with E-state index in [0.29, 0.717) is 19.5 Å². The van der Waals surface area contributed by atoms with Crippen LogP contribution in [0, 0.1) is 0 Å². The van der Waals surface area contributed by atoms with E-state index >= 15 is 0 Å². The molecule has 1 unspecified atom stereocenters. The van der Waals surface area contributed by atoms with Crippen molar-refractivity contribution in [1.29, 1.82) is 0 Å². The molecular weight excluding hydrogens is 328 g/mol. The Balaban J connectivity index is 1.73. The van der Waals surface area contributed by atoms with Gasteiger partial charge in [-0.2, -0.15) is 0 Å². The summed E-state index contributed by atoms with van der Waals surface area (Å²) in [5.74, 6) is -0.0629. The molecule has 0 aliphatic carbocycles. The molecule has 2 aromatic carbocycles. The van der Waals surface area contributed by atoms with Crippen LogP contribution in [-0.4, -0.2) is 43.1 Å². The summed E-state index contributed by atoms with van der Waals surface area (Å²) < 4.78 is 4.71. The number of amides is 2. The summed E-state index contributed by atoms with van der Waals surface area (Å²) in [7, 11) is 1.31. The minimum atomic E-state index is -0.633. The van der Waals surface area contributed by atoms with Crippen molar-refractivity contribution in [3.63, 3.8) is 0 Å². The molecule has 1 heterocycles. The third kappa shape index (κ3) is 4.42. The van der Waals surface area contributed by atoms with Gasteiger partial charge in [0.05, 0.1) is 7.11 Å². The maximum absolute atomic E-state index is 13.1. The van der Waals surface area contributed by atoms with Gasteiger partial charge in [-0.1, -0.05) is 54.6 Å². The van der Waals surface area contributed by atoms with Crippen LogP contribution < -0.4 is 5.32 Å². The van der Waals surface area contributed by atoms with Crippen LogP contribution in [0.3, 0.4) is 0 Å². The molecule has 0 fully saturated rings. The predicted octanol–water partition coefficient (Wildman–Crippen LogP) is 2.58. The highest BCUT2D eigenvalue weighted by molar-refractivity contribution is 5.86. The fraction of sp³-hybridized carbons (Fsp3) is 0.333. The Morgan fingerprint density at radius 3 is 2.15 bits per heavy atom. The van der Waals surface area contributed by atoms with Gasteiger partial charge in [0.1, 0.15) is 6.04 Å². The van der Waals surface area contributed by atoms with Crippen molar-refractivity contribution in [3.8, 4) is 0 Å². The molecule has 1 aliphatic heterocycles. The number of benzene rings is 2. The van der Waals surface area contributed by atoms with Crippen molar-refractivity contribution >= 4 is 12.0 Å². The second-order valence-corrected chi connectivity index (χ2v) is 6.47. The van der Waals surface area contributed by atoms with E-state index in [4.69, 9.17) is 4.74 Å². The lowest BCUT2D eigenvalue weighted by atomic mass is 10.0. The summed E-state index contributed by atoms with van der Waals surface area (Å²) in [6.07, 6.45) is 1.52. The molecule has 3 rings (SSSR count). The first kappa shape index (κ1) is 18.0. The lowest BCUT2D eigenvalue weighted by molar-refractivity contribution is -0.133. The predicted molar refractivity (Wildman–Crippen MR) is 99.9 cm³/mol. The molecule has 0 saturated heterocycles. The van der Waals surface area contributed by atoms with Crippen LogP contribution in [0.4, 0.5) is 4.79 Å². The van der Waals surface area contributed by atoms with Crippen molar-refractivity contribution in [2.45, 2.75) is 25.3 Å². The molecule has 2 amide bonds. The first-order chi connectivity index (χ1) is 12.7. The number of carbonyl (C=O) groups is 2. The van der Waals surface area contributed by atoms with E-state index in [1.54, 1.807) is 0 Å². The zero-order chi connectivity index (χ0) is 18.4. The van der Waals surface area contributed by atoms with Gasteiger partial charge in [0.2, 0.25) is 5.91 Å². The fourth-order valence-electron chi connectivity index (χ4n) is 3.36. The van der Waals surface area contributed by atoms with Gasteiger partial charge < -0.3 is 15.0 Å². The summed E-state index contributed by atoms with van der Waals surface area (Å²) >= 11 is 0. The van der Waals surface area contributed by atoms with Crippen molar-refractivity contribution in [1.82, 2.24) is 10.2 Å². The number of methoxy groups -OCH3 is 1. The lowest BCUT2D eigenvalue weighted by Gasteiger charge is -2.26. The zero-order valence-electron chi connectivity index (χ0n) is 15.0. The van der Waals surface area contributed by atoms with E-state index < -0.39 is 12.1 Å². The van der Waals surface area contributed by atoms with E-state index in [-0.39, 0.29) is 5.91 Å². The molecule has 2 aromatic rings. The molecule has 0 bridgehead atoms. The monoisotopic (exact) mass is 352 g/mol. The van der Waals surface area contributed by atoms with Gasteiger partial charge >= 0.3 is 6.09 Å². The number of rotatable bonds is 4. The SMILES string of the molecule is COC(=O)NC(Cc1ccccc1)C(=O)N1CCc2ccccc2CC1. The maximum atomic E-state index is 13.1. The average Bonchev–Trinajstić information content (AvgIpc) is 2.90. The summed E-state index contributed by atoms with van der Waals surface area (Å²) in [6.45, 7) is 1.31. The molecule has 0 aromatic heterocycles. The number of fused-ring (bicyclic) bond motifs is 1. The van der Waals surface area contributed by atoms with Crippen molar-refractivity contribution < 1.29 is 14.3 Å². The lowest BCUT2D eigenvalue weighted by Crippen LogP contribution is -2.50. The maximum Gasteiger partial charge on any atom is 0.407 e. The smallest absolute Gasteiger partial charge is 0.407 e. The van der Waals surface area contributed by atoms with E-state index in [2.05, 4.69) is 17.4 Å². The van der Waals surface area contributed by atoms with Gasteiger partial charge in [-0.15, -0.1) is 0 Å². The largest absolute Gasteiger partial charge is 0.453 e. The van der Waals surface area contributed by atoms with Crippen molar-refractivity contribution in [3.05, 3.63) is 71.3 Å². The van der Waals surface area contributed by atoms with Crippen LogP contribution in [0.25, 0.3) is 0 Å². The van der Waals surface area contributed by atoms with Crippen LogP contribution in [0.5, 0.6) is 0 Å². The third-order valence-corrected chi connectivity index (χ3v) is 4.79. The number of nitrogens with zero attached hydrogens (tertiary/aromatic N) is 1. The topological polar surface area (TPSA) is 58.6 Å². The third-order valence-electron chi connectivity index (χ3n) is 4.79. The second kappa shape index (κ2) is 8.52. The van der Waals surface area contributed by atoms with Gasteiger partial charge in [0.15, 0.2) is 0 Å².